The molecule has 0 saturated carbocycles. The Hall–Kier alpha value is -2.94. The summed E-state index contributed by atoms with van der Waals surface area (Å²) >= 11 is 0. The van der Waals surface area contributed by atoms with E-state index in [1.54, 1.807) is 0 Å². The van der Waals surface area contributed by atoms with Crippen LogP contribution in [0.5, 0.6) is 5.75 Å². The molecule has 0 bridgehead atoms. The van der Waals surface area contributed by atoms with Gasteiger partial charge in [-0.25, -0.2) is 8.42 Å². The van der Waals surface area contributed by atoms with Crippen LogP contribution in [-0.4, -0.2) is 32.6 Å². The predicted octanol–water partition coefficient (Wildman–Crippen LogP) is 2.19. The summed E-state index contributed by atoms with van der Waals surface area (Å²) in [4.78, 5) is 22.8. The molecule has 1 N–H and O–H groups in total. The van der Waals surface area contributed by atoms with Crippen molar-refractivity contribution in [2.75, 3.05) is 18.7 Å². The van der Waals surface area contributed by atoms with E-state index in [1.165, 1.54) is 49.6 Å². The molecule has 132 valence electrons. The second-order valence-electron chi connectivity index (χ2n) is 5.28. The quantitative estimate of drug-likeness (QED) is 0.620. The molecular weight excluding hydrogens is 348 g/mol. The Bertz CT molecular complexity index is 907. The second kappa shape index (κ2) is 7.31. The number of nitrogens with zero attached hydrogens (tertiary/aromatic N) is 1. The lowest BCUT2D eigenvalue weighted by Crippen LogP contribution is -2.15. The zero-order valence-corrected chi connectivity index (χ0v) is 14.4. The van der Waals surface area contributed by atoms with Crippen LogP contribution in [0.25, 0.3) is 0 Å². The lowest BCUT2D eigenvalue weighted by atomic mass is 10.1. The van der Waals surface area contributed by atoms with Crippen LogP contribution in [0.3, 0.4) is 0 Å². The maximum absolute atomic E-state index is 12.1. The fourth-order valence-electron chi connectivity index (χ4n) is 2.13. The van der Waals surface area contributed by atoms with Crippen LogP contribution in [0.1, 0.15) is 5.56 Å². The Balaban J connectivity index is 2.14. The molecule has 25 heavy (non-hydrogen) atoms. The molecule has 2 aromatic carbocycles. The molecule has 0 saturated heterocycles. The van der Waals surface area contributed by atoms with Crippen LogP contribution >= 0.6 is 0 Å². The van der Waals surface area contributed by atoms with Crippen molar-refractivity contribution >= 4 is 27.1 Å². The molecule has 0 fully saturated rings. The van der Waals surface area contributed by atoms with E-state index in [0.717, 1.165) is 6.26 Å². The highest BCUT2D eigenvalue weighted by Gasteiger charge is 2.17. The van der Waals surface area contributed by atoms with E-state index in [9.17, 15) is 23.3 Å². The summed E-state index contributed by atoms with van der Waals surface area (Å²) in [6.45, 7) is 0. The van der Waals surface area contributed by atoms with Crippen molar-refractivity contribution in [3.63, 3.8) is 0 Å². The van der Waals surface area contributed by atoms with Gasteiger partial charge < -0.3 is 10.1 Å². The molecule has 0 unspecified atom stereocenters. The number of anilines is 1. The molecule has 0 heterocycles. The number of nitrogens with one attached hydrogen (secondary N) is 1. The fraction of sp³-hybridized carbons (Fsp3) is 0.188. The van der Waals surface area contributed by atoms with Crippen molar-refractivity contribution in [3.8, 4) is 5.75 Å². The summed E-state index contributed by atoms with van der Waals surface area (Å²) in [6.07, 6.45) is 1.05. The molecule has 2 rings (SSSR count). The van der Waals surface area contributed by atoms with Crippen LogP contribution in [0.2, 0.25) is 0 Å². The minimum atomic E-state index is -3.31. The summed E-state index contributed by atoms with van der Waals surface area (Å²) in [5, 5.41) is 13.6. The van der Waals surface area contributed by atoms with Gasteiger partial charge in [0.2, 0.25) is 5.91 Å². The van der Waals surface area contributed by atoms with Crippen molar-refractivity contribution in [2.45, 2.75) is 11.3 Å². The number of hydrogen-bond acceptors (Lipinski definition) is 6. The Morgan fingerprint density at radius 2 is 1.84 bits per heavy atom. The second-order valence-corrected chi connectivity index (χ2v) is 7.30. The normalized spacial score (nSPS) is 11.0. The molecule has 0 aliphatic heterocycles. The third kappa shape index (κ3) is 4.77. The topological polar surface area (TPSA) is 116 Å². The van der Waals surface area contributed by atoms with Crippen LogP contribution < -0.4 is 10.1 Å². The average Bonchev–Trinajstić information content (AvgIpc) is 2.54. The third-order valence-electron chi connectivity index (χ3n) is 3.39. The van der Waals surface area contributed by atoms with Crippen molar-refractivity contribution in [2.24, 2.45) is 0 Å². The first-order valence-corrected chi connectivity index (χ1v) is 9.01. The molecule has 0 spiro atoms. The molecule has 0 aliphatic carbocycles. The molecule has 2 aromatic rings. The van der Waals surface area contributed by atoms with Gasteiger partial charge in [-0.05, 0) is 29.8 Å². The monoisotopic (exact) mass is 364 g/mol. The zero-order valence-electron chi connectivity index (χ0n) is 13.6. The summed E-state index contributed by atoms with van der Waals surface area (Å²) in [5.74, 6) is -0.151. The number of amides is 1. The lowest BCUT2D eigenvalue weighted by molar-refractivity contribution is -0.384. The van der Waals surface area contributed by atoms with E-state index >= 15 is 0 Å². The maximum Gasteiger partial charge on any atom is 0.296 e. The number of carbonyl (C=O) groups excluding carboxylic acids is 1. The summed E-state index contributed by atoms with van der Waals surface area (Å²) in [5.41, 5.74) is 0.366. The van der Waals surface area contributed by atoms with Gasteiger partial charge >= 0.3 is 0 Å². The number of hydrogen-bond donors (Lipinski definition) is 1. The fourth-order valence-corrected chi connectivity index (χ4v) is 2.76. The van der Waals surface area contributed by atoms with Gasteiger partial charge in [0.1, 0.15) is 11.4 Å². The SMILES string of the molecule is COc1ccc(NC(=O)Cc2ccc(S(C)(=O)=O)cc2)c([N+](=O)[O-])c1. The molecule has 0 radical (unpaired) electrons. The molecule has 8 nitrogen and oxygen atoms in total. The van der Waals surface area contributed by atoms with Crippen molar-refractivity contribution in [1.82, 2.24) is 0 Å². The highest BCUT2D eigenvalue weighted by atomic mass is 32.2. The molecule has 0 atom stereocenters. The van der Waals surface area contributed by atoms with Gasteiger partial charge in [0.05, 0.1) is 29.4 Å². The van der Waals surface area contributed by atoms with Crippen LogP contribution in [-0.2, 0) is 21.1 Å². The summed E-state index contributed by atoms with van der Waals surface area (Å²) in [7, 11) is -1.92. The van der Waals surface area contributed by atoms with Crippen LogP contribution in [0.15, 0.2) is 47.4 Å². The van der Waals surface area contributed by atoms with Gasteiger partial charge in [-0.3, -0.25) is 14.9 Å². The Labute approximate surface area is 144 Å². The molecule has 9 heteroatoms. The number of nitro groups is 1. The minimum absolute atomic E-state index is 0.0484. The van der Waals surface area contributed by atoms with Gasteiger partial charge in [0.15, 0.2) is 9.84 Å². The predicted molar refractivity (Wildman–Crippen MR) is 91.5 cm³/mol. The first-order valence-electron chi connectivity index (χ1n) is 7.12. The smallest absolute Gasteiger partial charge is 0.296 e. The van der Waals surface area contributed by atoms with E-state index in [-0.39, 0.29) is 22.7 Å². The highest BCUT2D eigenvalue weighted by molar-refractivity contribution is 7.90. The molecular formula is C16H16N2O6S. The van der Waals surface area contributed by atoms with E-state index in [1.807, 2.05) is 0 Å². The number of benzene rings is 2. The summed E-state index contributed by atoms with van der Waals surface area (Å²) < 4.78 is 27.7. The largest absolute Gasteiger partial charge is 0.496 e. The third-order valence-corrected chi connectivity index (χ3v) is 4.52. The number of nitro benzene ring substituents is 1. The van der Waals surface area contributed by atoms with Gasteiger partial charge in [-0.2, -0.15) is 0 Å². The van der Waals surface area contributed by atoms with Crippen LogP contribution in [0.4, 0.5) is 11.4 Å². The first-order chi connectivity index (χ1) is 11.7. The molecule has 0 aromatic heterocycles. The number of methoxy groups -OCH3 is 1. The Morgan fingerprint density at radius 1 is 1.20 bits per heavy atom. The van der Waals surface area contributed by atoms with Crippen molar-refractivity contribution < 1.29 is 22.9 Å². The Kier molecular flexibility index (Phi) is 5.38. The van der Waals surface area contributed by atoms with E-state index < -0.39 is 20.7 Å². The maximum atomic E-state index is 12.1. The van der Waals surface area contributed by atoms with Crippen molar-refractivity contribution in [3.05, 3.63) is 58.1 Å². The standard InChI is InChI=1S/C16H16N2O6S/c1-24-12-5-8-14(15(10-12)18(20)21)17-16(19)9-11-3-6-13(7-4-11)25(2,22)23/h3-8,10H,9H2,1-2H3,(H,17,19). The van der Waals surface area contributed by atoms with Gasteiger partial charge in [-0.1, -0.05) is 12.1 Å². The number of rotatable bonds is 6. The lowest BCUT2D eigenvalue weighted by Gasteiger charge is -2.08. The van der Waals surface area contributed by atoms with E-state index in [2.05, 4.69) is 5.32 Å². The van der Waals surface area contributed by atoms with Gasteiger partial charge in [0.25, 0.3) is 5.69 Å². The van der Waals surface area contributed by atoms with E-state index in [4.69, 9.17) is 4.74 Å². The number of ether oxygens (including phenoxy) is 1. The van der Waals surface area contributed by atoms with Crippen LogP contribution in [0, 0.1) is 10.1 Å². The van der Waals surface area contributed by atoms with Crippen molar-refractivity contribution in [1.29, 1.82) is 0 Å². The zero-order chi connectivity index (χ0) is 18.6. The average molecular weight is 364 g/mol. The molecule has 0 aliphatic rings. The summed E-state index contributed by atoms with van der Waals surface area (Å²) in [6, 6.07) is 9.99. The molecule has 1 amide bonds. The highest BCUT2D eigenvalue weighted by Crippen LogP contribution is 2.29. The number of sulfone groups is 1. The first kappa shape index (κ1) is 18.4. The van der Waals surface area contributed by atoms with E-state index in [0.29, 0.717) is 11.3 Å². The Morgan fingerprint density at radius 3 is 2.36 bits per heavy atom. The van der Waals surface area contributed by atoms with Gasteiger partial charge in [-0.15, -0.1) is 0 Å². The minimum Gasteiger partial charge on any atom is -0.496 e. The number of carbonyl (C=O) groups is 1. The van der Waals surface area contributed by atoms with Gasteiger partial charge in [0, 0.05) is 6.26 Å².